The molecule has 3 heterocycles. The smallest absolute Gasteiger partial charge is 0.233 e. The average molecular weight is 259 g/mol. The van der Waals surface area contributed by atoms with Crippen molar-refractivity contribution >= 4 is 5.78 Å². The van der Waals surface area contributed by atoms with E-state index in [4.69, 9.17) is 5.73 Å². The third kappa shape index (κ3) is 2.62. The number of imidazole rings is 1. The molecule has 2 aromatic heterocycles. The number of nitrogens with zero attached hydrogens (tertiary/aromatic N) is 4. The van der Waals surface area contributed by atoms with Gasteiger partial charge in [-0.25, -0.2) is 9.97 Å². The van der Waals surface area contributed by atoms with Crippen molar-refractivity contribution in [2.45, 2.75) is 32.4 Å². The topological polar surface area (TPSA) is 59.5 Å². The fourth-order valence-electron chi connectivity index (χ4n) is 2.89. The van der Waals surface area contributed by atoms with Gasteiger partial charge in [0.15, 0.2) is 0 Å². The first-order chi connectivity index (χ1) is 9.26. The average Bonchev–Trinajstić information content (AvgIpc) is 2.83. The third-order valence-corrected chi connectivity index (χ3v) is 4.07. The van der Waals surface area contributed by atoms with E-state index in [-0.39, 0.29) is 0 Å². The maximum atomic E-state index is 6.15. The highest BCUT2D eigenvalue weighted by atomic mass is 15.2. The molecule has 19 heavy (non-hydrogen) atoms. The molecule has 1 saturated heterocycles. The van der Waals surface area contributed by atoms with Crippen LogP contribution in [0.3, 0.4) is 0 Å². The van der Waals surface area contributed by atoms with Crippen LogP contribution in [0.4, 0.5) is 0 Å². The summed E-state index contributed by atoms with van der Waals surface area (Å²) in [7, 11) is 0. The fourth-order valence-corrected chi connectivity index (χ4v) is 2.89. The molecule has 0 aromatic carbocycles. The summed E-state index contributed by atoms with van der Waals surface area (Å²) in [5.74, 6) is 1.39. The van der Waals surface area contributed by atoms with Gasteiger partial charge in [0.2, 0.25) is 5.78 Å². The lowest BCUT2D eigenvalue weighted by Gasteiger charge is -2.36. The maximum Gasteiger partial charge on any atom is 0.233 e. The molecule has 3 rings (SSSR count). The molecule has 1 fully saturated rings. The van der Waals surface area contributed by atoms with Crippen LogP contribution in [0.15, 0.2) is 24.7 Å². The summed E-state index contributed by atoms with van der Waals surface area (Å²) in [4.78, 5) is 11.3. The summed E-state index contributed by atoms with van der Waals surface area (Å²) in [6.07, 6.45) is 8.07. The highest BCUT2D eigenvalue weighted by molar-refractivity contribution is 5.29. The van der Waals surface area contributed by atoms with Crippen molar-refractivity contribution in [3.05, 3.63) is 30.4 Å². The van der Waals surface area contributed by atoms with Gasteiger partial charge in [-0.2, -0.15) is 0 Å². The second-order valence-electron chi connectivity index (χ2n) is 5.42. The Morgan fingerprint density at radius 3 is 3.16 bits per heavy atom. The third-order valence-electron chi connectivity index (χ3n) is 4.07. The summed E-state index contributed by atoms with van der Waals surface area (Å²) in [6.45, 7) is 5.27. The Labute approximate surface area is 113 Å². The van der Waals surface area contributed by atoms with Gasteiger partial charge in [-0.3, -0.25) is 9.30 Å². The van der Waals surface area contributed by atoms with Gasteiger partial charge in [0.05, 0.1) is 5.69 Å². The molecule has 2 atom stereocenters. The second kappa shape index (κ2) is 5.27. The Kier molecular flexibility index (Phi) is 3.48. The van der Waals surface area contributed by atoms with Crippen LogP contribution in [0.1, 0.15) is 25.5 Å². The first-order valence-corrected chi connectivity index (χ1v) is 7.03. The van der Waals surface area contributed by atoms with Crippen molar-refractivity contribution in [2.75, 3.05) is 13.1 Å². The fraction of sp³-hybridized carbons (Fsp3) is 0.571. The van der Waals surface area contributed by atoms with Crippen molar-refractivity contribution < 1.29 is 0 Å². The van der Waals surface area contributed by atoms with Crippen LogP contribution < -0.4 is 5.73 Å². The molecule has 102 valence electrons. The lowest BCUT2D eigenvalue weighted by molar-refractivity contribution is 0.144. The van der Waals surface area contributed by atoms with E-state index in [0.29, 0.717) is 12.0 Å². The summed E-state index contributed by atoms with van der Waals surface area (Å²) in [6, 6.07) is 2.29. The predicted octanol–water partition coefficient (Wildman–Crippen LogP) is 1.29. The molecule has 1 aliphatic heterocycles. The zero-order chi connectivity index (χ0) is 13.2. The Morgan fingerprint density at radius 1 is 1.47 bits per heavy atom. The van der Waals surface area contributed by atoms with E-state index in [1.54, 1.807) is 6.20 Å². The number of piperidine rings is 1. The second-order valence-corrected chi connectivity index (χ2v) is 5.42. The molecule has 2 N–H and O–H groups in total. The Balaban J connectivity index is 1.71. The minimum Gasteiger partial charge on any atom is -0.327 e. The zero-order valence-electron chi connectivity index (χ0n) is 11.4. The number of hydrogen-bond acceptors (Lipinski definition) is 4. The molecular formula is C14H21N5. The lowest BCUT2D eigenvalue weighted by atomic mass is 9.91. The van der Waals surface area contributed by atoms with Crippen LogP contribution in [0.5, 0.6) is 0 Å². The highest BCUT2D eigenvalue weighted by Crippen LogP contribution is 2.20. The van der Waals surface area contributed by atoms with E-state index in [1.807, 2.05) is 16.7 Å². The van der Waals surface area contributed by atoms with E-state index >= 15 is 0 Å². The number of fused-ring (bicyclic) bond motifs is 1. The molecule has 0 spiro atoms. The van der Waals surface area contributed by atoms with Crippen LogP contribution in [-0.4, -0.2) is 38.4 Å². The van der Waals surface area contributed by atoms with Crippen LogP contribution in [0.25, 0.3) is 5.78 Å². The number of likely N-dealkylation sites (tertiary alicyclic amines) is 1. The van der Waals surface area contributed by atoms with Crippen molar-refractivity contribution in [3.8, 4) is 0 Å². The molecule has 1 aliphatic rings. The quantitative estimate of drug-likeness (QED) is 0.902. The van der Waals surface area contributed by atoms with Crippen LogP contribution in [0.2, 0.25) is 0 Å². The summed E-state index contributed by atoms with van der Waals surface area (Å²) in [5, 5.41) is 0. The minimum absolute atomic E-state index is 0.365. The molecule has 5 heteroatoms. The van der Waals surface area contributed by atoms with Crippen molar-refractivity contribution in [3.63, 3.8) is 0 Å². The normalized spacial score (nSPS) is 24.9. The SMILES string of the molecule is CCC1CN(Cc2cn3cccnc3n2)CCC1N. The van der Waals surface area contributed by atoms with Crippen LogP contribution in [-0.2, 0) is 6.54 Å². The van der Waals surface area contributed by atoms with E-state index in [0.717, 1.165) is 43.9 Å². The van der Waals surface area contributed by atoms with Crippen molar-refractivity contribution in [1.82, 2.24) is 19.3 Å². The first kappa shape index (κ1) is 12.6. The van der Waals surface area contributed by atoms with Gasteiger partial charge >= 0.3 is 0 Å². The highest BCUT2D eigenvalue weighted by Gasteiger charge is 2.25. The van der Waals surface area contributed by atoms with Gasteiger partial charge in [0, 0.05) is 44.3 Å². The monoisotopic (exact) mass is 259 g/mol. The van der Waals surface area contributed by atoms with Gasteiger partial charge in [-0.05, 0) is 18.4 Å². The Hall–Kier alpha value is -1.46. The molecule has 0 amide bonds. The van der Waals surface area contributed by atoms with Crippen LogP contribution >= 0.6 is 0 Å². The van der Waals surface area contributed by atoms with E-state index in [1.165, 1.54) is 0 Å². The van der Waals surface area contributed by atoms with Gasteiger partial charge in [0.25, 0.3) is 0 Å². The zero-order valence-corrected chi connectivity index (χ0v) is 11.4. The maximum absolute atomic E-state index is 6.15. The van der Waals surface area contributed by atoms with Gasteiger partial charge in [-0.1, -0.05) is 13.3 Å². The van der Waals surface area contributed by atoms with Crippen molar-refractivity contribution in [1.29, 1.82) is 0 Å². The van der Waals surface area contributed by atoms with E-state index in [9.17, 15) is 0 Å². The molecule has 5 nitrogen and oxygen atoms in total. The van der Waals surface area contributed by atoms with Gasteiger partial charge in [0.1, 0.15) is 0 Å². The van der Waals surface area contributed by atoms with E-state index < -0.39 is 0 Å². The predicted molar refractivity (Wildman–Crippen MR) is 74.6 cm³/mol. The molecule has 0 bridgehead atoms. The number of nitrogens with two attached hydrogens (primary N) is 1. The lowest BCUT2D eigenvalue weighted by Crippen LogP contribution is -2.46. The first-order valence-electron chi connectivity index (χ1n) is 7.03. The number of aromatic nitrogens is 3. The summed E-state index contributed by atoms with van der Waals surface area (Å²) >= 11 is 0. The van der Waals surface area contributed by atoms with Crippen LogP contribution in [0, 0.1) is 5.92 Å². The van der Waals surface area contributed by atoms with Gasteiger partial charge < -0.3 is 5.73 Å². The Bertz CT molecular complexity index is 517. The largest absolute Gasteiger partial charge is 0.327 e. The summed E-state index contributed by atoms with van der Waals surface area (Å²) in [5.41, 5.74) is 7.24. The molecule has 2 unspecified atom stereocenters. The Morgan fingerprint density at radius 2 is 2.37 bits per heavy atom. The molecular weight excluding hydrogens is 238 g/mol. The summed E-state index contributed by atoms with van der Waals surface area (Å²) < 4.78 is 1.97. The van der Waals surface area contributed by atoms with Gasteiger partial charge in [-0.15, -0.1) is 0 Å². The number of rotatable bonds is 3. The standard InChI is InChI=1S/C14H21N5/c1-2-11-8-18(7-4-13(11)15)9-12-10-19-6-3-5-16-14(19)17-12/h3,5-6,10-11,13H,2,4,7-9,15H2,1H3. The molecule has 2 aromatic rings. The van der Waals surface area contributed by atoms with Crippen molar-refractivity contribution in [2.24, 2.45) is 11.7 Å². The number of hydrogen-bond donors (Lipinski definition) is 1. The molecule has 0 aliphatic carbocycles. The van der Waals surface area contributed by atoms with E-state index in [2.05, 4.69) is 28.0 Å². The minimum atomic E-state index is 0.365. The molecule has 0 radical (unpaired) electrons. The molecule has 0 saturated carbocycles.